The number of thioether (sulfide) groups is 1. The van der Waals surface area contributed by atoms with E-state index >= 15 is 0 Å². The first kappa shape index (κ1) is 12.9. The Morgan fingerprint density at radius 2 is 2.07 bits per heavy atom. The van der Waals surface area contributed by atoms with Gasteiger partial charge in [0.15, 0.2) is 0 Å². The van der Waals surface area contributed by atoms with Crippen LogP contribution in [-0.4, -0.2) is 23.1 Å². The van der Waals surface area contributed by atoms with Gasteiger partial charge in [-0.05, 0) is 26.2 Å². The Hall–Kier alpha value is -0.180. The fraction of sp³-hybridized carbons (Fsp3) is 0.917. The lowest BCUT2D eigenvalue weighted by Gasteiger charge is -2.23. The number of esters is 1. The molecule has 1 atom stereocenters. The van der Waals surface area contributed by atoms with Crippen LogP contribution in [0.3, 0.4) is 0 Å². The number of hydrogen-bond donors (Lipinski definition) is 0. The van der Waals surface area contributed by atoms with Crippen LogP contribution in [0.1, 0.15) is 52.4 Å². The van der Waals surface area contributed by atoms with E-state index in [9.17, 15) is 4.79 Å². The molecule has 3 heteroatoms. The quantitative estimate of drug-likeness (QED) is 0.677. The second-order valence-electron chi connectivity index (χ2n) is 4.21. The molecule has 2 nitrogen and oxygen atoms in total. The first-order valence-corrected chi connectivity index (χ1v) is 7.00. The Bertz CT molecular complexity index is 188. The summed E-state index contributed by atoms with van der Waals surface area (Å²) in [6, 6.07) is 0. The molecular weight excluding hydrogens is 208 g/mol. The molecule has 1 unspecified atom stereocenters. The van der Waals surface area contributed by atoms with Crippen LogP contribution in [0.2, 0.25) is 0 Å². The van der Waals surface area contributed by atoms with E-state index in [1.165, 1.54) is 32.1 Å². The first-order valence-electron chi connectivity index (χ1n) is 6.06. The third kappa shape index (κ3) is 4.92. The van der Waals surface area contributed by atoms with Crippen molar-refractivity contribution in [1.82, 2.24) is 0 Å². The average molecular weight is 230 g/mol. The fourth-order valence-electron chi connectivity index (χ4n) is 1.87. The van der Waals surface area contributed by atoms with E-state index in [1.807, 2.05) is 13.8 Å². The maximum absolute atomic E-state index is 11.5. The van der Waals surface area contributed by atoms with Crippen molar-refractivity contribution in [3.63, 3.8) is 0 Å². The summed E-state index contributed by atoms with van der Waals surface area (Å²) in [5.74, 6) is -0.0348. The molecule has 1 aliphatic carbocycles. The van der Waals surface area contributed by atoms with Crippen LogP contribution in [-0.2, 0) is 9.53 Å². The van der Waals surface area contributed by atoms with Gasteiger partial charge < -0.3 is 4.74 Å². The molecule has 0 bridgehead atoms. The summed E-state index contributed by atoms with van der Waals surface area (Å²) < 4.78 is 5.13. The lowest BCUT2D eigenvalue weighted by molar-refractivity contribution is -0.142. The molecule has 15 heavy (non-hydrogen) atoms. The van der Waals surface area contributed by atoms with E-state index in [-0.39, 0.29) is 11.2 Å². The molecule has 1 fully saturated rings. The summed E-state index contributed by atoms with van der Waals surface area (Å²) in [5.41, 5.74) is 0. The topological polar surface area (TPSA) is 26.3 Å². The molecule has 0 aromatic heterocycles. The maximum Gasteiger partial charge on any atom is 0.318 e. The van der Waals surface area contributed by atoms with Crippen molar-refractivity contribution in [2.75, 3.05) is 6.61 Å². The predicted molar refractivity (Wildman–Crippen MR) is 65.2 cm³/mol. The third-order valence-electron chi connectivity index (χ3n) is 2.73. The highest BCUT2D eigenvalue weighted by atomic mass is 32.2. The van der Waals surface area contributed by atoms with Gasteiger partial charge in [0.1, 0.15) is 0 Å². The zero-order valence-corrected chi connectivity index (χ0v) is 10.6. The van der Waals surface area contributed by atoms with E-state index in [2.05, 4.69) is 0 Å². The SMILES string of the molecule is CCCOC(=O)C(C)SC1CCCCC1. The van der Waals surface area contributed by atoms with Gasteiger partial charge in [0, 0.05) is 5.25 Å². The number of carbonyl (C=O) groups is 1. The van der Waals surface area contributed by atoms with Gasteiger partial charge in [-0.2, -0.15) is 0 Å². The minimum Gasteiger partial charge on any atom is -0.465 e. The second-order valence-corrected chi connectivity index (χ2v) is 5.85. The second kappa shape index (κ2) is 7.15. The van der Waals surface area contributed by atoms with Crippen LogP contribution in [0.15, 0.2) is 0 Å². The van der Waals surface area contributed by atoms with Crippen LogP contribution in [0.25, 0.3) is 0 Å². The fourth-order valence-corrected chi connectivity index (χ4v) is 3.23. The molecule has 0 N–H and O–H groups in total. The molecule has 0 spiro atoms. The molecule has 0 saturated heterocycles. The first-order chi connectivity index (χ1) is 7.24. The summed E-state index contributed by atoms with van der Waals surface area (Å²) in [6.45, 7) is 4.55. The van der Waals surface area contributed by atoms with Gasteiger partial charge in [0.2, 0.25) is 0 Å². The molecule has 1 rings (SSSR count). The van der Waals surface area contributed by atoms with Crippen molar-refractivity contribution < 1.29 is 9.53 Å². The van der Waals surface area contributed by atoms with Crippen molar-refractivity contribution in [1.29, 1.82) is 0 Å². The van der Waals surface area contributed by atoms with Crippen LogP contribution in [0.5, 0.6) is 0 Å². The minimum absolute atomic E-state index is 0.0136. The molecule has 88 valence electrons. The maximum atomic E-state index is 11.5. The average Bonchev–Trinajstić information content (AvgIpc) is 2.27. The lowest BCUT2D eigenvalue weighted by Crippen LogP contribution is -2.21. The minimum atomic E-state index is -0.0348. The van der Waals surface area contributed by atoms with Gasteiger partial charge in [0.25, 0.3) is 0 Å². The van der Waals surface area contributed by atoms with Gasteiger partial charge >= 0.3 is 5.97 Å². The summed E-state index contributed by atoms with van der Waals surface area (Å²) >= 11 is 1.80. The molecule has 0 radical (unpaired) electrons. The van der Waals surface area contributed by atoms with E-state index in [0.29, 0.717) is 11.9 Å². The highest BCUT2D eigenvalue weighted by Gasteiger charge is 2.21. The molecule has 0 aromatic carbocycles. The van der Waals surface area contributed by atoms with Crippen LogP contribution in [0.4, 0.5) is 0 Å². The van der Waals surface area contributed by atoms with Gasteiger partial charge in [-0.15, -0.1) is 11.8 Å². The van der Waals surface area contributed by atoms with Gasteiger partial charge in [-0.1, -0.05) is 26.2 Å². The highest BCUT2D eigenvalue weighted by Crippen LogP contribution is 2.31. The zero-order chi connectivity index (χ0) is 11.1. The predicted octanol–water partition coefficient (Wildman–Crippen LogP) is 3.39. The molecule has 1 saturated carbocycles. The Labute approximate surface area is 97.1 Å². The number of rotatable bonds is 5. The molecule has 0 aliphatic heterocycles. The molecule has 0 aromatic rings. The monoisotopic (exact) mass is 230 g/mol. The van der Waals surface area contributed by atoms with E-state index in [0.717, 1.165) is 6.42 Å². The van der Waals surface area contributed by atoms with Crippen molar-refractivity contribution in [2.45, 2.75) is 62.9 Å². The third-order valence-corrected chi connectivity index (χ3v) is 4.19. The van der Waals surface area contributed by atoms with Crippen molar-refractivity contribution in [3.8, 4) is 0 Å². The van der Waals surface area contributed by atoms with Crippen molar-refractivity contribution in [2.24, 2.45) is 0 Å². The van der Waals surface area contributed by atoms with Crippen LogP contribution < -0.4 is 0 Å². The zero-order valence-electron chi connectivity index (χ0n) is 9.83. The van der Waals surface area contributed by atoms with Gasteiger partial charge in [0.05, 0.1) is 11.9 Å². The van der Waals surface area contributed by atoms with Crippen molar-refractivity contribution >= 4 is 17.7 Å². The lowest BCUT2D eigenvalue weighted by atomic mass is 10.0. The largest absolute Gasteiger partial charge is 0.465 e. The standard InChI is InChI=1S/C12H22O2S/c1-3-9-14-12(13)10(2)15-11-7-5-4-6-8-11/h10-11H,3-9H2,1-2H3. The highest BCUT2D eigenvalue weighted by molar-refractivity contribution is 8.01. The van der Waals surface area contributed by atoms with Crippen LogP contribution >= 0.6 is 11.8 Å². The van der Waals surface area contributed by atoms with Gasteiger partial charge in [-0.3, -0.25) is 4.79 Å². The summed E-state index contributed by atoms with van der Waals surface area (Å²) in [5, 5.41) is 0.697. The van der Waals surface area contributed by atoms with Gasteiger partial charge in [-0.25, -0.2) is 0 Å². The van der Waals surface area contributed by atoms with E-state index < -0.39 is 0 Å². The summed E-state index contributed by atoms with van der Waals surface area (Å²) in [4.78, 5) is 11.5. The number of ether oxygens (including phenoxy) is 1. The number of carbonyl (C=O) groups excluding carboxylic acids is 1. The Morgan fingerprint density at radius 1 is 1.40 bits per heavy atom. The molecular formula is C12H22O2S. The van der Waals surface area contributed by atoms with E-state index in [4.69, 9.17) is 4.74 Å². The van der Waals surface area contributed by atoms with Crippen molar-refractivity contribution in [3.05, 3.63) is 0 Å². The normalized spacial score (nSPS) is 19.9. The molecule has 1 aliphatic rings. The smallest absolute Gasteiger partial charge is 0.318 e. The summed E-state index contributed by atoms with van der Waals surface area (Å²) in [7, 11) is 0. The molecule has 0 heterocycles. The molecule has 0 amide bonds. The Morgan fingerprint density at radius 3 is 2.67 bits per heavy atom. The summed E-state index contributed by atoms with van der Waals surface area (Å²) in [6.07, 6.45) is 7.48. The Balaban J connectivity index is 2.20. The number of hydrogen-bond acceptors (Lipinski definition) is 3. The van der Waals surface area contributed by atoms with E-state index in [1.54, 1.807) is 11.8 Å². The Kier molecular flexibility index (Phi) is 6.15. The van der Waals surface area contributed by atoms with Crippen LogP contribution in [0, 0.1) is 0 Å².